The lowest BCUT2D eigenvalue weighted by Crippen LogP contribution is -2.74. The second kappa shape index (κ2) is 14.2. The fourth-order valence-corrected chi connectivity index (χ4v) is 5.89. The van der Waals surface area contributed by atoms with Crippen molar-refractivity contribution in [2.45, 2.75) is 38.3 Å². The molecule has 3 aromatic carbocycles. The number of esters is 2. The third kappa shape index (κ3) is 6.12. The van der Waals surface area contributed by atoms with Crippen LogP contribution in [0.1, 0.15) is 47.2 Å². The van der Waals surface area contributed by atoms with Gasteiger partial charge in [-0.1, -0.05) is 60.1 Å². The maximum atomic E-state index is 14.0. The molecular formula is C37H35N5O7. The Bertz CT molecular complexity index is 1800. The first-order chi connectivity index (χ1) is 23.6. The standard InChI is InChI=1S/C34H28N4O6.C3H7NO/c1-3-43-29(39)33-34(30(40)44-4-2)37(31(41)35-33)21-27-25(17-15-23-11-7-5-8-12-23)19-20-26(18-16-24-13-9-6-10-14-24)28(27)22-38(34)32(42)36-33;1-4(2)3-5/h5-14,19-20H,3-4,21-22H2,1-2H3,(H,35,41)(H,36,42);3H,1-2H3. The highest BCUT2D eigenvalue weighted by atomic mass is 16.5. The zero-order valence-corrected chi connectivity index (χ0v) is 27.5. The summed E-state index contributed by atoms with van der Waals surface area (Å²) in [7, 11) is 3.38. The number of amides is 5. The van der Waals surface area contributed by atoms with E-state index in [1.807, 2.05) is 72.8 Å². The van der Waals surface area contributed by atoms with Crippen LogP contribution in [0.5, 0.6) is 0 Å². The van der Waals surface area contributed by atoms with Gasteiger partial charge in [0.1, 0.15) is 0 Å². The average molecular weight is 662 g/mol. The van der Waals surface area contributed by atoms with Crippen molar-refractivity contribution in [3.05, 3.63) is 106 Å². The van der Waals surface area contributed by atoms with Crippen molar-refractivity contribution < 1.29 is 33.4 Å². The van der Waals surface area contributed by atoms with Crippen LogP contribution in [0.25, 0.3) is 0 Å². The number of carbonyl (C=O) groups excluding carboxylic acids is 5. The molecule has 0 aliphatic carbocycles. The molecule has 0 atom stereocenters. The van der Waals surface area contributed by atoms with E-state index in [2.05, 4.69) is 34.3 Å². The van der Waals surface area contributed by atoms with E-state index in [0.29, 0.717) is 22.3 Å². The van der Waals surface area contributed by atoms with Gasteiger partial charge in [0, 0.05) is 36.3 Å². The molecule has 3 aliphatic heterocycles. The Labute approximate surface area is 284 Å². The van der Waals surface area contributed by atoms with Gasteiger partial charge in [-0.2, -0.15) is 0 Å². The smallest absolute Gasteiger partial charge is 0.358 e. The van der Waals surface area contributed by atoms with E-state index in [-0.39, 0.29) is 26.3 Å². The molecule has 5 amide bonds. The van der Waals surface area contributed by atoms with E-state index in [4.69, 9.17) is 9.47 Å². The molecule has 3 heterocycles. The molecule has 2 N–H and O–H groups in total. The van der Waals surface area contributed by atoms with Crippen LogP contribution in [0.4, 0.5) is 9.59 Å². The molecule has 0 aromatic heterocycles. The van der Waals surface area contributed by atoms with Gasteiger partial charge >= 0.3 is 24.0 Å². The molecule has 250 valence electrons. The first-order valence-electron chi connectivity index (χ1n) is 15.6. The monoisotopic (exact) mass is 661 g/mol. The number of fused-ring (bicyclic) bond motifs is 1. The molecule has 2 saturated heterocycles. The third-order valence-electron chi connectivity index (χ3n) is 8.03. The quantitative estimate of drug-likeness (QED) is 0.244. The summed E-state index contributed by atoms with van der Waals surface area (Å²) < 4.78 is 10.8. The fourth-order valence-electron chi connectivity index (χ4n) is 5.89. The number of hydrogen-bond donors (Lipinski definition) is 2. The molecule has 3 aromatic rings. The molecule has 12 heteroatoms. The largest absolute Gasteiger partial charge is 0.463 e. The Morgan fingerprint density at radius 1 is 0.735 bits per heavy atom. The van der Waals surface area contributed by atoms with Gasteiger partial charge in [0.25, 0.3) is 11.3 Å². The first kappa shape index (κ1) is 34.1. The highest BCUT2D eigenvalue weighted by molar-refractivity contribution is 6.09. The van der Waals surface area contributed by atoms with E-state index in [1.54, 1.807) is 27.9 Å². The van der Waals surface area contributed by atoms with Crippen molar-refractivity contribution in [1.29, 1.82) is 0 Å². The SMILES string of the molecule is CCOC(=O)C12NC(=O)N3Cc4c(C#Cc5ccccc5)ccc(C#Cc5ccccc5)c4CN(C(=O)N1)C32C(=O)OCC.CN(C)C=O. The predicted molar refractivity (Wildman–Crippen MR) is 178 cm³/mol. The lowest BCUT2D eigenvalue weighted by atomic mass is 9.93. The number of nitrogens with zero attached hydrogens (tertiary/aromatic N) is 3. The highest BCUT2D eigenvalue weighted by Crippen LogP contribution is 2.47. The first-order valence-corrected chi connectivity index (χ1v) is 15.6. The van der Waals surface area contributed by atoms with Gasteiger partial charge in [-0.05, 0) is 61.4 Å². The number of rotatable bonds is 5. The number of ether oxygens (including phenoxy) is 2. The van der Waals surface area contributed by atoms with Crippen LogP contribution in [-0.2, 0) is 36.9 Å². The van der Waals surface area contributed by atoms with Crippen LogP contribution in [0, 0.1) is 23.7 Å². The second-order valence-electron chi connectivity index (χ2n) is 11.3. The lowest BCUT2D eigenvalue weighted by molar-refractivity contribution is -0.178. The minimum atomic E-state index is -2.25. The molecule has 0 radical (unpaired) electrons. The zero-order chi connectivity index (χ0) is 35.2. The molecule has 0 bridgehead atoms. The van der Waals surface area contributed by atoms with Gasteiger partial charge in [-0.3, -0.25) is 14.6 Å². The normalized spacial score (nSPS) is 19.4. The molecule has 0 spiro atoms. The van der Waals surface area contributed by atoms with Crippen LogP contribution < -0.4 is 10.6 Å². The third-order valence-corrected chi connectivity index (χ3v) is 8.03. The minimum Gasteiger partial charge on any atom is -0.463 e. The van der Waals surface area contributed by atoms with E-state index in [1.165, 1.54) is 4.90 Å². The Hall–Kier alpha value is -6.27. The number of carbonyl (C=O) groups is 5. The van der Waals surface area contributed by atoms with Gasteiger partial charge < -0.3 is 25.0 Å². The second-order valence-corrected chi connectivity index (χ2v) is 11.3. The summed E-state index contributed by atoms with van der Waals surface area (Å²) in [4.78, 5) is 68.2. The van der Waals surface area contributed by atoms with Gasteiger partial charge in [-0.15, -0.1) is 0 Å². The minimum absolute atomic E-state index is 0.0517. The Balaban J connectivity index is 0.000000874. The van der Waals surface area contributed by atoms with Crippen LogP contribution in [-0.4, -0.2) is 83.7 Å². The van der Waals surface area contributed by atoms with Crippen molar-refractivity contribution >= 4 is 30.4 Å². The number of benzene rings is 3. The Morgan fingerprint density at radius 2 is 1.14 bits per heavy atom. The number of nitrogens with one attached hydrogen (secondary N) is 2. The summed E-state index contributed by atoms with van der Waals surface area (Å²) in [5.41, 5.74) is -0.569. The van der Waals surface area contributed by atoms with Crippen molar-refractivity contribution in [2.75, 3.05) is 27.3 Å². The molecule has 0 unspecified atom stereocenters. The van der Waals surface area contributed by atoms with Gasteiger partial charge in [0.15, 0.2) is 0 Å². The molecule has 0 saturated carbocycles. The summed E-state index contributed by atoms with van der Waals surface area (Å²) in [5.74, 6) is 10.8. The Kier molecular flexibility index (Phi) is 9.90. The maximum absolute atomic E-state index is 14.0. The van der Waals surface area contributed by atoms with Gasteiger partial charge in [0.2, 0.25) is 6.41 Å². The van der Waals surface area contributed by atoms with Gasteiger partial charge in [0.05, 0.1) is 26.3 Å². The summed E-state index contributed by atoms with van der Waals surface area (Å²) in [6.07, 6.45) is 0.750. The van der Waals surface area contributed by atoms with Crippen molar-refractivity contribution in [3.63, 3.8) is 0 Å². The fraction of sp³-hybridized carbons (Fsp3) is 0.270. The summed E-state index contributed by atoms with van der Waals surface area (Å²) in [6, 6.07) is 20.9. The van der Waals surface area contributed by atoms with Crippen molar-refractivity contribution in [2.24, 2.45) is 0 Å². The molecular weight excluding hydrogens is 626 g/mol. The maximum Gasteiger partial charge on any atom is 0.358 e. The van der Waals surface area contributed by atoms with Crippen LogP contribution in [0.3, 0.4) is 0 Å². The number of hydrogen-bond acceptors (Lipinski definition) is 7. The average Bonchev–Trinajstić information content (AvgIpc) is 3.40. The predicted octanol–water partition coefficient (Wildman–Crippen LogP) is 2.77. The number of urea groups is 2. The van der Waals surface area contributed by atoms with Crippen LogP contribution in [0.15, 0.2) is 72.8 Å². The van der Waals surface area contributed by atoms with E-state index < -0.39 is 35.3 Å². The zero-order valence-electron chi connectivity index (χ0n) is 27.5. The van der Waals surface area contributed by atoms with E-state index >= 15 is 0 Å². The summed E-state index contributed by atoms with van der Waals surface area (Å²) >= 11 is 0. The molecule has 6 rings (SSSR count). The molecule has 2 fully saturated rings. The summed E-state index contributed by atoms with van der Waals surface area (Å²) in [5, 5.41) is 5.13. The van der Waals surface area contributed by atoms with Crippen molar-refractivity contribution in [3.8, 4) is 23.7 Å². The van der Waals surface area contributed by atoms with E-state index in [0.717, 1.165) is 27.3 Å². The Morgan fingerprint density at radius 3 is 1.53 bits per heavy atom. The van der Waals surface area contributed by atoms with Crippen LogP contribution >= 0.6 is 0 Å². The molecule has 49 heavy (non-hydrogen) atoms. The summed E-state index contributed by atoms with van der Waals surface area (Å²) in [6.45, 7) is 2.74. The highest BCUT2D eigenvalue weighted by Gasteiger charge is 2.82. The van der Waals surface area contributed by atoms with E-state index in [9.17, 15) is 24.0 Å². The lowest BCUT2D eigenvalue weighted by Gasteiger charge is -2.40. The van der Waals surface area contributed by atoms with Gasteiger partial charge in [-0.25, -0.2) is 19.2 Å². The molecule has 3 aliphatic rings. The molecule has 12 nitrogen and oxygen atoms in total. The van der Waals surface area contributed by atoms with Crippen LogP contribution in [0.2, 0.25) is 0 Å². The van der Waals surface area contributed by atoms with Crippen molar-refractivity contribution in [1.82, 2.24) is 25.3 Å². The topological polar surface area (TPSA) is 138 Å².